The Kier molecular flexibility index (Phi) is 5.03. The van der Waals surface area contributed by atoms with Crippen LogP contribution in [0.4, 0.5) is 0 Å². The van der Waals surface area contributed by atoms with Crippen molar-refractivity contribution in [3.05, 3.63) is 29.8 Å². The van der Waals surface area contributed by atoms with Gasteiger partial charge in [-0.05, 0) is 49.9 Å². The predicted octanol–water partition coefficient (Wildman–Crippen LogP) is 3.70. The number of ether oxygens (including phenoxy) is 1. The van der Waals surface area contributed by atoms with Crippen LogP contribution in [0.15, 0.2) is 24.3 Å². The summed E-state index contributed by atoms with van der Waals surface area (Å²) in [5.74, 6) is 1.66. The van der Waals surface area contributed by atoms with E-state index in [0.29, 0.717) is 0 Å². The van der Waals surface area contributed by atoms with Gasteiger partial charge in [0.1, 0.15) is 5.75 Å². The zero-order chi connectivity index (χ0) is 12.0. The van der Waals surface area contributed by atoms with Crippen LogP contribution in [0.3, 0.4) is 0 Å². The van der Waals surface area contributed by atoms with Gasteiger partial charge >= 0.3 is 0 Å². The number of rotatable bonds is 6. The van der Waals surface area contributed by atoms with Gasteiger partial charge in [0, 0.05) is 5.56 Å². The largest absolute Gasteiger partial charge is 0.494 e. The summed E-state index contributed by atoms with van der Waals surface area (Å²) in [5, 5.41) is 0. The molecule has 2 heteroatoms. The first-order chi connectivity index (χ1) is 7.59. The molecule has 0 bridgehead atoms. The van der Waals surface area contributed by atoms with Gasteiger partial charge in [-0.25, -0.2) is 0 Å². The second-order valence-electron chi connectivity index (χ2n) is 4.47. The van der Waals surface area contributed by atoms with Crippen LogP contribution in [-0.2, 0) is 0 Å². The summed E-state index contributed by atoms with van der Waals surface area (Å²) in [5.41, 5.74) is 0.731. The highest BCUT2D eigenvalue weighted by molar-refractivity contribution is 5.94. The summed E-state index contributed by atoms with van der Waals surface area (Å²) in [6.45, 7) is 6.74. The van der Waals surface area contributed by atoms with E-state index in [1.54, 1.807) is 19.1 Å². The topological polar surface area (TPSA) is 26.3 Å². The summed E-state index contributed by atoms with van der Waals surface area (Å²) in [7, 11) is 0. The van der Waals surface area contributed by atoms with Crippen LogP contribution in [0, 0.1) is 5.92 Å². The number of carbonyl (C=O) groups excluding carboxylic acids is 1. The average Bonchev–Trinajstić information content (AvgIpc) is 2.25. The van der Waals surface area contributed by atoms with Gasteiger partial charge in [0.25, 0.3) is 0 Å². The Bertz CT molecular complexity index is 325. The second kappa shape index (κ2) is 6.31. The molecule has 0 atom stereocenters. The molecule has 0 heterocycles. The normalized spacial score (nSPS) is 10.5. The third-order valence-corrected chi connectivity index (χ3v) is 2.46. The molecule has 0 saturated heterocycles. The van der Waals surface area contributed by atoms with E-state index in [4.69, 9.17) is 4.74 Å². The molecule has 0 amide bonds. The molecule has 0 N–H and O–H groups in total. The molecule has 0 aromatic heterocycles. The molecule has 1 aromatic carbocycles. The maximum atomic E-state index is 11.1. The fourth-order valence-corrected chi connectivity index (χ4v) is 1.47. The molecule has 1 rings (SSSR count). The Balaban J connectivity index is 2.35. The van der Waals surface area contributed by atoms with Crippen molar-refractivity contribution in [1.82, 2.24) is 0 Å². The molecule has 2 nitrogen and oxygen atoms in total. The molecule has 0 fully saturated rings. The van der Waals surface area contributed by atoms with Crippen molar-refractivity contribution < 1.29 is 9.53 Å². The summed E-state index contributed by atoms with van der Waals surface area (Å²) in [6.07, 6.45) is 2.26. The summed E-state index contributed by atoms with van der Waals surface area (Å²) in [6, 6.07) is 7.32. The predicted molar refractivity (Wildman–Crippen MR) is 66.0 cm³/mol. The molecule has 88 valence electrons. The molecule has 0 aliphatic carbocycles. The molecular weight excluding hydrogens is 200 g/mol. The summed E-state index contributed by atoms with van der Waals surface area (Å²) >= 11 is 0. The van der Waals surface area contributed by atoms with E-state index >= 15 is 0 Å². The molecule has 0 unspecified atom stereocenters. The van der Waals surface area contributed by atoms with Gasteiger partial charge in [-0.15, -0.1) is 0 Å². The molecule has 0 aliphatic rings. The molecule has 0 aliphatic heterocycles. The van der Waals surface area contributed by atoms with E-state index in [0.717, 1.165) is 30.3 Å². The van der Waals surface area contributed by atoms with E-state index < -0.39 is 0 Å². The van der Waals surface area contributed by atoms with Crippen LogP contribution < -0.4 is 4.74 Å². The van der Waals surface area contributed by atoms with Gasteiger partial charge in [0.2, 0.25) is 0 Å². The van der Waals surface area contributed by atoms with Crippen molar-refractivity contribution in [1.29, 1.82) is 0 Å². The third-order valence-electron chi connectivity index (χ3n) is 2.46. The van der Waals surface area contributed by atoms with E-state index in [9.17, 15) is 4.79 Å². The van der Waals surface area contributed by atoms with Gasteiger partial charge in [0.15, 0.2) is 5.78 Å². The van der Waals surface area contributed by atoms with Gasteiger partial charge in [-0.1, -0.05) is 13.8 Å². The number of ketones is 1. The van der Waals surface area contributed by atoms with E-state index in [-0.39, 0.29) is 5.78 Å². The highest BCUT2D eigenvalue weighted by atomic mass is 16.5. The van der Waals surface area contributed by atoms with Crippen molar-refractivity contribution in [2.24, 2.45) is 5.92 Å². The fourth-order valence-electron chi connectivity index (χ4n) is 1.47. The van der Waals surface area contributed by atoms with Gasteiger partial charge in [0.05, 0.1) is 6.61 Å². The lowest BCUT2D eigenvalue weighted by Gasteiger charge is -2.07. The number of hydrogen-bond donors (Lipinski definition) is 0. The quantitative estimate of drug-likeness (QED) is 0.539. The van der Waals surface area contributed by atoms with Crippen molar-refractivity contribution in [2.75, 3.05) is 6.61 Å². The summed E-state index contributed by atoms with van der Waals surface area (Å²) < 4.78 is 5.58. The minimum atomic E-state index is 0.0892. The van der Waals surface area contributed by atoms with Crippen molar-refractivity contribution in [3.63, 3.8) is 0 Å². The lowest BCUT2D eigenvalue weighted by molar-refractivity contribution is 0.101. The highest BCUT2D eigenvalue weighted by Gasteiger charge is 1.99. The Morgan fingerprint density at radius 3 is 2.38 bits per heavy atom. The van der Waals surface area contributed by atoms with E-state index in [1.807, 2.05) is 12.1 Å². The van der Waals surface area contributed by atoms with Crippen LogP contribution in [0.1, 0.15) is 44.0 Å². The number of Topliss-reactive ketones (excluding diaryl/α,β-unsaturated/α-hetero) is 1. The van der Waals surface area contributed by atoms with E-state index in [1.165, 1.54) is 6.42 Å². The third kappa shape index (κ3) is 4.47. The monoisotopic (exact) mass is 220 g/mol. The minimum absolute atomic E-state index is 0.0892. The van der Waals surface area contributed by atoms with Gasteiger partial charge in [-0.2, -0.15) is 0 Å². The van der Waals surface area contributed by atoms with E-state index in [2.05, 4.69) is 13.8 Å². The number of carbonyl (C=O) groups is 1. The highest BCUT2D eigenvalue weighted by Crippen LogP contribution is 2.13. The number of hydrogen-bond acceptors (Lipinski definition) is 2. The van der Waals surface area contributed by atoms with Crippen LogP contribution in [0.5, 0.6) is 5.75 Å². The van der Waals surface area contributed by atoms with Crippen LogP contribution in [0.25, 0.3) is 0 Å². The lowest BCUT2D eigenvalue weighted by Crippen LogP contribution is -2.00. The van der Waals surface area contributed by atoms with Crippen molar-refractivity contribution in [2.45, 2.75) is 33.6 Å². The lowest BCUT2D eigenvalue weighted by atomic mass is 10.1. The number of benzene rings is 1. The summed E-state index contributed by atoms with van der Waals surface area (Å²) in [4.78, 5) is 11.1. The zero-order valence-electron chi connectivity index (χ0n) is 10.3. The first-order valence-electron chi connectivity index (χ1n) is 5.83. The first kappa shape index (κ1) is 12.8. The average molecular weight is 220 g/mol. The fraction of sp³-hybridized carbons (Fsp3) is 0.500. The molecule has 16 heavy (non-hydrogen) atoms. The minimum Gasteiger partial charge on any atom is -0.494 e. The Hall–Kier alpha value is -1.31. The molecule has 0 saturated carbocycles. The molecule has 0 spiro atoms. The zero-order valence-corrected chi connectivity index (χ0v) is 10.3. The van der Waals surface area contributed by atoms with Crippen LogP contribution >= 0.6 is 0 Å². The Morgan fingerprint density at radius 2 is 1.88 bits per heavy atom. The maximum absolute atomic E-state index is 11.1. The Labute approximate surface area is 97.6 Å². The van der Waals surface area contributed by atoms with Crippen LogP contribution in [-0.4, -0.2) is 12.4 Å². The molecule has 1 aromatic rings. The maximum Gasteiger partial charge on any atom is 0.159 e. The SMILES string of the molecule is CC(=O)c1ccc(OCCCC(C)C)cc1. The smallest absolute Gasteiger partial charge is 0.159 e. The van der Waals surface area contributed by atoms with Crippen LogP contribution in [0.2, 0.25) is 0 Å². The molecular formula is C14H20O2. The Morgan fingerprint density at radius 1 is 1.25 bits per heavy atom. The van der Waals surface area contributed by atoms with Crippen molar-refractivity contribution in [3.8, 4) is 5.75 Å². The second-order valence-corrected chi connectivity index (χ2v) is 4.47. The van der Waals surface area contributed by atoms with Gasteiger partial charge in [-0.3, -0.25) is 4.79 Å². The van der Waals surface area contributed by atoms with Gasteiger partial charge < -0.3 is 4.74 Å². The standard InChI is InChI=1S/C14H20O2/c1-11(2)5-4-10-16-14-8-6-13(7-9-14)12(3)15/h6-9,11H,4-5,10H2,1-3H3. The van der Waals surface area contributed by atoms with Crippen molar-refractivity contribution >= 4 is 5.78 Å². The molecule has 0 radical (unpaired) electrons. The first-order valence-corrected chi connectivity index (χ1v) is 5.83.